The number of aromatic nitrogens is 3. The minimum atomic E-state index is -0.192. The van der Waals surface area contributed by atoms with Crippen LogP contribution in [0.5, 0.6) is 0 Å². The van der Waals surface area contributed by atoms with Gasteiger partial charge in [-0.15, -0.1) is 5.10 Å². The molecule has 7 heteroatoms. The molecule has 1 amide bonds. The molecule has 4 rings (SSSR count). The van der Waals surface area contributed by atoms with Gasteiger partial charge in [0, 0.05) is 44.0 Å². The van der Waals surface area contributed by atoms with Gasteiger partial charge < -0.3 is 14.7 Å². The number of piperazine rings is 1. The van der Waals surface area contributed by atoms with Gasteiger partial charge in [-0.05, 0) is 45.1 Å². The van der Waals surface area contributed by atoms with Crippen molar-refractivity contribution >= 4 is 17.4 Å². The summed E-state index contributed by atoms with van der Waals surface area (Å²) < 4.78 is 1.80. The van der Waals surface area contributed by atoms with Gasteiger partial charge in [-0.25, -0.2) is 9.50 Å². The number of likely N-dealkylation sites (tertiary alicyclic amines) is 1. The molecule has 4 heterocycles. The van der Waals surface area contributed by atoms with Crippen LogP contribution in [0, 0.1) is 5.41 Å². The number of anilines is 1. The summed E-state index contributed by atoms with van der Waals surface area (Å²) in [4.78, 5) is 23.9. The maximum absolute atomic E-state index is 13.0. The van der Waals surface area contributed by atoms with Gasteiger partial charge in [0.1, 0.15) is 5.82 Å². The number of nitrogens with zero attached hydrogens (tertiary/aromatic N) is 6. The van der Waals surface area contributed by atoms with Crippen molar-refractivity contribution in [3.8, 4) is 0 Å². The summed E-state index contributed by atoms with van der Waals surface area (Å²) in [6.07, 6.45) is 5.54. The first-order chi connectivity index (χ1) is 12.0. The SMILES string of the molecule is CN1CCC(C)(C(=O)N2CCN(c3ccc4nccn4n3)CC2)CC1. The molecule has 2 fully saturated rings. The normalized spacial score (nSPS) is 21.7. The van der Waals surface area contributed by atoms with Crippen LogP contribution in [0.3, 0.4) is 0 Å². The number of hydrogen-bond donors (Lipinski definition) is 0. The molecule has 0 saturated carbocycles. The van der Waals surface area contributed by atoms with E-state index in [0.29, 0.717) is 5.91 Å². The number of hydrogen-bond acceptors (Lipinski definition) is 5. The zero-order valence-corrected chi connectivity index (χ0v) is 15.1. The molecule has 7 nitrogen and oxygen atoms in total. The molecule has 134 valence electrons. The van der Waals surface area contributed by atoms with Gasteiger partial charge in [0.25, 0.3) is 0 Å². The monoisotopic (exact) mass is 342 g/mol. The molecule has 0 aliphatic carbocycles. The van der Waals surface area contributed by atoms with E-state index in [0.717, 1.165) is 63.6 Å². The Bertz CT molecular complexity index is 756. The fourth-order valence-corrected chi connectivity index (χ4v) is 3.82. The number of fused-ring (bicyclic) bond motifs is 1. The van der Waals surface area contributed by atoms with Crippen molar-refractivity contribution in [2.24, 2.45) is 5.41 Å². The average molecular weight is 342 g/mol. The van der Waals surface area contributed by atoms with E-state index in [-0.39, 0.29) is 5.41 Å². The highest BCUT2D eigenvalue weighted by Gasteiger charge is 2.39. The standard InChI is InChI=1S/C18H26N6O/c1-18(5-8-21(2)9-6-18)17(25)23-13-11-22(12-14-23)16-4-3-15-19-7-10-24(15)20-16/h3-4,7,10H,5-6,8-9,11-14H2,1-2H3. The lowest BCUT2D eigenvalue weighted by Crippen LogP contribution is -2.54. The second kappa shape index (κ2) is 6.29. The fraction of sp³-hybridized carbons (Fsp3) is 0.611. The number of rotatable bonds is 2. The highest BCUT2D eigenvalue weighted by Crippen LogP contribution is 2.33. The molecule has 2 aromatic heterocycles. The van der Waals surface area contributed by atoms with Crippen molar-refractivity contribution in [3.05, 3.63) is 24.5 Å². The lowest BCUT2D eigenvalue weighted by Gasteiger charge is -2.43. The van der Waals surface area contributed by atoms with Crippen LogP contribution < -0.4 is 4.90 Å². The van der Waals surface area contributed by atoms with Gasteiger partial charge >= 0.3 is 0 Å². The lowest BCUT2D eigenvalue weighted by molar-refractivity contribution is -0.144. The van der Waals surface area contributed by atoms with E-state index in [1.807, 2.05) is 18.3 Å². The van der Waals surface area contributed by atoms with E-state index in [4.69, 9.17) is 0 Å². The zero-order chi connectivity index (χ0) is 17.4. The van der Waals surface area contributed by atoms with Crippen LogP contribution in [0.1, 0.15) is 19.8 Å². The number of imidazole rings is 1. The Labute approximate surface area is 148 Å². The Balaban J connectivity index is 1.40. The largest absolute Gasteiger partial charge is 0.352 e. The fourth-order valence-electron chi connectivity index (χ4n) is 3.82. The maximum Gasteiger partial charge on any atom is 0.228 e. The predicted octanol–water partition coefficient (Wildman–Crippen LogP) is 1.11. The van der Waals surface area contributed by atoms with E-state index in [1.54, 1.807) is 10.7 Å². The van der Waals surface area contributed by atoms with Crippen LogP contribution in [0.2, 0.25) is 0 Å². The first-order valence-corrected chi connectivity index (χ1v) is 9.08. The van der Waals surface area contributed by atoms with Crippen LogP contribution in [-0.4, -0.2) is 76.6 Å². The summed E-state index contributed by atoms with van der Waals surface area (Å²) in [5.41, 5.74) is 0.663. The van der Waals surface area contributed by atoms with Crippen molar-refractivity contribution in [2.75, 3.05) is 51.2 Å². The van der Waals surface area contributed by atoms with Crippen LogP contribution in [0.4, 0.5) is 5.82 Å². The number of piperidine rings is 1. The van der Waals surface area contributed by atoms with Gasteiger partial charge in [0.2, 0.25) is 5.91 Å². The van der Waals surface area contributed by atoms with Crippen LogP contribution in [0.15, 0.2) is 24.5 Å². The Morgan fingerprint density at radius 2 is 1.80 bits per heavy atom. The van der Waals surface area contributed by atoms with E-state index < -0.39 is 0 Å². The van der Waals surface area contributed by atoms with Crippen LogP contribution >= 0.6 is 0 Å². The minimum absolute atomic E-state index is 0.192. The van der Waals surface area contributed by atoms with E-state index in [9.17, 15) is 4.79 Å². The summed E-state index contributed by atoms with van der Waals surface area (Å²) in [7, 11) is 2.13. The third-order valence-electron chi connectivity index (χ3n) is 5.74. The van der Waals surface area contributed by atoms with Crippen molar-refractivity contribution in [1.29, 1.82) is 0 Å². The van der Waals surface area contributed by atoms with Crippen LogP contribution in [-0.2, 0) is 4.79 Å². The molecule has 25 heavy (non-hydrogen) atoms. The number of carbonyl (C=O) groups is 1. The molecule has 0 bridgehead atoms. The molecule has 0 unspecified atom stereocenters. The van der Waals surface area contributed by atoms with Crippen LogP contribution in [0.25, 0.3) is 5.65 Å². The van der Waals surface area contributed by atoms with Gasteiger partial charge in [-0.3, -0.25) is 4.79 Å². The van der Waals surface area contributed by atoms with Crippen molar-refractivity contribution < 1.29 is 4.79 Å². The Morgan fingerprint density at radius 1 is 1.08 bits per heavy atom. The summed E-state index contributed by atoms with van der Waals surface area (Å²) in [5, 5.41) is 4.61. The Morgan fingerprint density at radius 3 is 2.52 bits per heavy atom. The molecule has 0 radical (unpaired) electrons. The molecule has 2 aromatic rings. The topological polar surface area (TPSA) is 57.0 Å². The van der Waals surface area contributed by atoms with Gasteiger partial charge in [-0.1, -0.05) is 6.92 Å². The Hall–Kier alpha value is -2.15. The number of amides is 1. The first kappa shape index (κ1) is 16.3. The molecular weight excluding hydrogens is 316 g/mol. The molecular formula is C18H26N6O. The molecule has 2 aliphatic rings. The maximum atomic E-state index is 13.0. The minimum Gasteiger partial charge on any atom is -0.352 e. The summed E-state index contributed by atoms with van der Waals surface area (Å²) in [6.45, 7) is 7.36. The molecule has 0 spiro atoms. The van der Waals surface area contributed by atoms with Gasteiger partial charge in [0.15, 0.2) is 5.65 Å². The second-order valence-electron chi connectivity index (χ2n) is 7.56. The second-order valence-corrected chi connectivity index (χ2v) is 7.56. The molecule has 2 aliphatic heterocycles. The highest BCUT2D eigenvalue weighted by atomic mass is 16.2. The molecule has 0 N–H and O–H groups in total. The first-order valence-electron chi connectivity index (χ1n) is 9.08. The number of carbonyl (C=O) groups excluding carboxylic acids is 1. The average Bonchev–Trinajstić information content (AvgIpc) is 3.11. The third-order valence-corrected chi connectivity index (χ3v) is 5.74. The van der Waals surface area contributed by atoms with Gasteiger partial charge in [-0.2, -0.15) is 0 Å². The van der Waals surface area contributed by atoms with Crippen molar-refractivity contribution in [2.45, 2.75) is 19.8 Å². The molecule has 0 atom stereocenters. The highest BCUT2D eigenvalue weighted by molar-refractivity contribution is 5.82. The lowest BCUT2D eigenvalue weighted by atomic mass is 9.79. The van der Waals surface area contributed by atoms with Crippen molar-refractivity contribution in [3.63, 3.8) is 0 Å². The third kappa shape index (κ3) is 3.08. The predicted molar refractivity (Wildman–Crippen MR) is 96.6 cm³/mol. The zero-order valence-electron chi connectivity index (χ0n) is 15.1. The summed E-state index contributed by atoms with van der Waals surface area (Å²) in [5.74, 6) is 1.28. The summed E-state index contributed by atoms with van der Waals surface area (Å²) >= 11 is 0. The summed E-state index contributed by atoms with van der Waals surface area (Å²) in [6, 6.07) is 4.00. The van der Waals surface area contributed by atoms with E-state index in [2.05, 4.69) is 38.8 Å². The van der Waals surface area contributed by atoms with Crippen molar-refractivity contribution in [1.82, 2.24) is 24.4 Å². The smallest absolute Gasteiger partial charge is 0.228 e. The quantitative estimate of drug-likeness (QED) is 0.818. The molecule has 0 aromatic carbocycles. The van der Waals surface area contributed by atoms with Gasteiger partial charge in [0.05, 0.1) is 0 Å². The van der Waals surface area contributed by atoms with E-state index in [1.165, 1.54) is 0 Å². The Kier molecular flexibility index (Phi) is 4.11. The van der Waals surface area contributed by atoms with E-state index >= 15 is 0 Å². The molecule has 2 saturated heterocycles.